The van der Waals surface area contributed by atoms with Gasteiger partial charge in [0, 0.05) is 6.04 Å². The lowest BCUT2D eigenvalue weighted by atomic mass is 9.94. The van der Waals surface area contributed by atoms with Crippen molar-refractivity contribution in [2.45, 2.75) is 26.8 Å². The van der Waals surface area contributed by atoms with Crippen LogP contribution in [0.4, 0.5) is 0 Å². The topological polar surface area (TPSA) is 26.0 Å². The summed E-state index contributed by atoms with van der Waals surface area (Å²) in [5.41, 5.74) is 7.81. The quantitative estimate of drug-likeness (QED) is 0.595. The SMILES string of the molecule is C=C(C)C(N)C(=C)C(C)C. The van der Waals surface area contributed by atoms with Gasteiger partial charge in [0.25, 0.3) is 0 Å². The Kier molecular flexibility index (Phi) is 3.37. The second-order valence-corrected chi connectivity index (χ2v) is 3.05. The van der Waals surface area contributed by atoms with Crippen molar-refractivity contribution in [3.8, 4) is 0 Å². The van der Waals surface area contributed by atoms with E-state index in [2.05, 4.69) is 27.0 Å². The summed E-state index contributed by atoms with van der Waals surface area (Å²) in [5.74, 6) is 0.451. The summed E-state index contributed by atoms with van der Waals surface area (Å²) in [6.07, 6.45) is 0. The summed E-state index contributed by atoms with van der Waals surface area (Å²) in [6.45, 7) is 13.8. The Balaban J connectivity index is 4.08. The lowest BCUT2D eigenvalue weighted by Gasteiger charge is -2.17. The van der Waals surface area contributed by atoms with Gasteiger partial charge in [-0.15, -0.1) is 0 Å². The first-order chi connectivity index (χ1) is 4.46. The van der Waals surface area contributed by atoms with Crippen LogP contribution in [0.15, 0.2) is 24.3 Å². The second-order valence-electron chi connectivity index (χ2n) is 3.05. The van der Waals surface area contributed by atoms with Gasteiger partial charge in [-0.3, -0.25) is 0 Å². The van der Waals surface area contributed by atoms with E-state index in [0.717, 1.165) is 11.1 Å². The third-order valence-corrected chi connectivity index (χ3v) is 1.67. The molecular formula is C9H17N. The second kappa shape index (κ2) is 3.57. The van der Waals surface area contributed by atoms with Crippen molar-refractivity contribution in [2.24, 2.45) is 11.7 Å². The maximum atomic E-state index is 5.76. The summed E-state index contributed by atoms with van der Waals surface area (Å²) in [5, 5.41) is 0. The van der Waals surface area contributed by atoms with Crippen LogP contribution < -0.4 is 5.73 Å². The maximum absolute atomic E-state index is 5.76. The zero-order valence-electron chi connectivity index (χ0n) is 7.15. The van der Waals surface area contributed by atoms with Gasteiger partial charge in [0.15, 0.2) is 0 Å². The molecule has 0 fully saturated rings. The minimum absolute atomic E-state index is 0.0278. The molecule has 0 amide bonds. The summed E-state index contributed by atoms with van der Waals surface area (Å²) < 4.78 is 0. The molecule has 0 saturated carbocycles. The van der Waals surface area contributed by atoms with Gasteiger partial charge in [-0.05, 0) is 12.8 Å². The third kappa shape index (κ3) is 2.36. The average Bonchev–Trinajstić information content (AvgIpc) is 1.84. The predicted molar refractivity (Wildman–Crippen MR) is 46.8 cm³/mol. The number of hydrogen-bond acceptors (Lipinski definition) is 1. The Hall–Kier alpha value is -0.560. The van der Waals surface area contributed by atoms with E-state index in [1.807, 2.05) is 6.92 Å². The van der Waals surface area contributed by atoms with E-state index in [1.165, 1.54) is 0 Å². The Morgan fingerprint density at radius 2 is 1.70 bits per heavy atom. The molecule has 0 radical (unpaired) electrons. The molecule has 1 heteroatoms. The standard InChI is InChI=1S/C9H17N/c1-6(2)8(5)9(10)7(3)4/h6,9H,3,5,10H2,1-2,4H3. The van der Waals surface area contributed by atoms with Gasteiger partial charge in [0.1, 0.15) is 0 Å². The molecule has 10 heavy (non-hydrogen) atoms. The van der Waals surface area contributed by atoms with Crippen molar-refractivity contribution in [1.82, 2.24) is 0 Å². The van der Waals surface area contributed by atoms with Crippen LogP contribution in [0, 0.1) is 5.92 Å². The molecule has 1 unspecified atom stereocenters. The molecule has 0 aromatic carbocycles. The van der Waals surface area contributed by atoms with Gasteiger partial charge in [-0.25, -0.2) is 0 Å². The highest BCUT2D eigenvalue weighted by Crippen LogP contribution is 2.14. The molecule has 0 aromatic heterocycles. The minimum Gasteiger partial charge on any atom is -0.321 e. The highest BCUT2D eigenvalue weighted by Gasteiger charge is 2.09. The zero-order valence-corrected chi connectivity index (χ0v) is 7.15. The molecule has 0 saturated heterocycles. The molecule has 1 atom stereocenters. The Bertz CT molecular complexity index is 145. The summed E-state index contributed by atoms with van der Waals surface area (Å²) >= 11 is 0. The fourth-order valence-corrected chi connectivity index (χ4v) is 0.676. The van der Waals surface area contributed by atoms with Crippen molar-refractivity contribution in [1.29, 1.82) is 0 Å². The first-order valence-corrected chi connectivity index (χ1v) is 3.56. The summed E-state index contributed by atoms with van der Waals surface area (Å²) in [4.78, 5) is 0. The average molecular weight is 139 g/mol. The smallest absolute Gasteiger partial charge is 0.0464 e. The first-order valence-electron chi connectivity index (χ1n) is 3.56. The van der Waals surface area contributed by atoms with Crippen molar-refractivity contribution in [3.05, 3.63) is 24.3 Å². The third-order valence-electron chi connectivity index (χ3n) is 1.67. The normalized spacial score (nSPS) is 13.3. The maximum Gasteiger partial charge on any atom is 0.0464 e. The van der Waals surface area contributed by atoms with E-state index >= 15 is 0 Å². The van der Waals surface area contributed by atoms with Gasteiger partial charge in [-0.2, -0.15) is 0 Å². The van der Waals surface area contributed by atoms with Gasteiger partial charge in [-0.1, -0.05) is 38.2 Å². The lowest BCUT2D eigenvalue weighted by Crippen LogP contribution is -2.25. The molecule has 2 N–H and O–H groups in total. The highest BCUT2D eigenvalue weighted by molar-refractivity contribution is 5.20. The fraction of sp³-hybridized carbons (Fsp3) is 0.556. The van der Waals surface area contributed by atoms with Crippen LogP contribution in [0.2, 0.25) is 0 Å². The van der Waals surface area contributed by atoms with E-state index < -0.39 is 0 Å². The van der Waals surface area contributed by atoms with E-state index in [1.54, 1.807) is 0 Å². The Morgan fingerprint density at radius 3 is 1.80 bits per heavy atom. The molecule has 0 aliphatic carbocycles. The Morgan fingerprint density at radius 1 is 1.30 bits per heavy atom. The molecule has 0 spiro atoms. The van der Waals surface area contributed by atoms with E-state index in [-0.39, 0.29) is 6.04 Å². The number of hydrogen-bond donors (Lipinski definition) is 1. The molecule has 0 heterocycles. The van der Waals surface area contributed by atoms with Gasteiger partial charge < -0.3 is 5.73 Å². The van der Waals surface area contributed by atoms with Crippen molar-refractivity contribution >= 4 is 0 Å². The van der Waals surface area contributed by atoms with Crippen molar-refractivity contribution in [2.75, 3.05) is 0 Å². The van der Waals surface area contributed by atoms with Crippen LogP contribution in [-0.4, -0.2) is 6.04 Å². The summed E-state index contributed by atoms with van der Waals surface area (Å²) in [6, 6.07) is -0.0278. The monoisotopic (exact) mass is 139 g/mol. The molecule has 0 aliphatic heterocycles. The summed E-state index contributed by atoms with van der Waals surface area (Å²) in [7, 11) is 0. The van der Waals surface area contributed by atoms with Gasteiger partial charge >= 0.3 is 0 Å². The lowest BCUT2D eigenvalue weighted by molar-refractivity contribution is 0.692. The van der Waals surface area contributed by atoms with Crippen LogP contribution in [0.25, 0.3) is 0 Å². The molecule has 0 rings (SSSR count). The molecular weight excluding hydrogens is 122 g/mol. The van der Waals surface area contributed by atoms with E-state index in [0.29, 0.717) is 5.92 Å². The van der Waals surface area contributed by atoms with Crippen LogP contribution in [-0.2, 0) is 0 Å². The molecule has 0 aliphatic rings. The Labute approximate surface area is 63.6 Å². The van der Waals surface area contributed by atoms with Crippen LogP contribution >= 0.6 is 0 Å². The van der Waals surface area contributed by atoms with E-state index in [9.17, 15) is 0 Å². The zero-order chi connectivity index (χ0) is 8.31. The van der Waals surface area contributed by atoms with Crippen molar-refractivity contribution < 1.29 is 0 Å². The van der Waals surface area contributed by atoms with E-state index in [4.69, 9.17) is 5.73 Å². The highest BCUT2D eigenvalue weighted by atomic mass is 14.6. The van der Waals surface area contributed by atoms with Crippen LogP contribution in [0.5, 0.6) is 0 Å². The van der Waals surface area contributed by atoms with Gasteiger partial charge in [0.2, 0.25) is 0 Å². The minimum atomic E-state index is -0.0278. The first kappa shape index (κ1) is 9.44. The molecule has 0 bridgehead atoms. The fourth-order valence-electron chi connectivity index (χ4n) is 0.676. The van der Waals surface area contributed by atoms with Crippen LogP contribution in [0.1, 0.15) is 20.8 Å². The largest absolute Gasteiger partial charge is 0.321 e. The molecule has 1 nitrogen and oxygen atoms in total. The predicted octanol–water partition coefficient (Wildman–Crippen LogP) is 2.10. The van der Waals surface area contributed by atoms with Gasteiger partial charge in [0.05, 0.1) is 0 Å². The molecule has 58 valence electrons. The van der Waals surface area contributed by atoms with Crippen LogP contribution in [0.3, 0.4) is 0 Å². The van der Waals surface area contributed by atoms with Crippen molar-refractivity contribution in [3.63, 3.8) is 0 Å². The molecule has 0 aromatic rings. The number of nitrogens with two attached hydrogens (primary N) is 1. The number of rotatable bonds is 3.